The summed E-state index contributed by atoms with van der Waals surface area (Å²) >= 11 is 0. The standard InChI is InChI=1S/C30H36O10/c1-15(31)36-18-13-28(6)23(17-9-11-35-14-17)38-25(34)24-30(28,40-24)29(7)20(37-16(2)32)12-19-26(3,4)39-21(33)8-10-27(19,5)22(18)29/h8-11,14,18-20,22-24H,12-13H2,1-7H3. The van der Waals surface area contributed by atoms with Crippen molar-refractivity contribution in [1.29, 1.82) is 0 Å². The van der Waals surface area contributed by atoms with Crippen LogP contribution in [0.3, 0.4) is 0 Å². The van der Waals surface area contributed by atoms with Crippen molar-refractivity contribution in [1.82, 2.24) is 0 Å². The molecule has 0 radical (unpaired) electrons. The van der Waals surface area contributed by atoms with Crippen LogP contribution in [0.25, 0.3) is 0 Å². The zero-order valence-corrected chi connectivity index (χ0v) is 23.8. The van der Waals surface area contributed by atoms with E-state index in [2.05, 4.69) is 0 Å². The summed E-state index contributed by atoms with van der Waals surface area (Å²) < 4.78 is 36.0. The molecule has 1 spiro atoms. The number of cyclic esters (lactones) is 2. The van der Waals surface area contributed by atoms with Crippen LogP contribution >= 0.6 is 0 Å². The fourth-order valence-electron chi connectivity index (χ4n) is 9.57. The maximum Gasteiger partial charge on any atom is 0.339 e. The lowest BCUT2D eigenvalue weighted by Crippen LogP contribution is -2.75. The van der Waals surface area contributed by atoms with E-state index in [9.17, 15) is 19.2 Å². The Morgan fingerprint density at radius 3 is 2.33 bits per heavy atom. The molecule has 3 aliphatic heterocycles. The predicted molar refractivity (Wildman–Crippen MR) is 136 cm³/mol. The lowest BCUT2D eigenvalue weighted by Gasteiger charge is -2.68. The fourth-order valence-corrected chi connectivity index (χ4v) is 9.57. The quantitative estimate of drug-likeness (QED) is 0.307. The molecule has 10 atom stereocenters. The van der Waals surface area contributed by atoms with Crippen molar-refractivity contribution in [3.63, 3.8) is 0 Å². The van der Waals surface area contributed by atoms with Gasteiger partial charge in [-0.3, -0.25) is 9.59 Å². The van der Waals surface area contributed by atoms with Crippen molar-refractivity contribution in [2.45, 2.75) is 96.9 Å². The number of fused-ring (bicyclic) bond motifs is 3. The van der Waals surface area contributed by atoms with Crippen LogP contribution in [-0.4, -0.2) is 53.4 Å². The van der Waals surface area contributed by atoms with E-state index < -0.39 is 81.7 Å². The van der Waals surface area contributed by atoms with Crippen LogP contribution < -0.4 is 0 Å². The molecule has 0 N–H and O–H groups in total. The molecule has 10 heteroatoms. The second kappa shape index (κ2) is 8.21. The van der Waals surface area contributed by atoms with Gasteiger partial charge in [0.05, 0.1) is 12.5 Å². The summed E-state index contributed by atoms with van der Waals surface area (Å²) in [7, 11) is 0. The van der Waals surface area contributed by atoms with Crippen molar-refractivity contribution in [3.8, 4) is 0 Å². The zero-order chi connectivity index (χ0) is 29.0. The van der Waals surface area contributed by atoms with Crippen LogP contribution in [-0.2, 0) is 42.9 Å². The van der Waals surface area contributed by atoms with E-state index in [-0.39, 0.29) is 5.92 Å². The maximum absolute atomic E-state index is 13.5. The van der Waals surface area contributed by atoms with E-state index in [0.717, 1.165) is 0 Å². The number of epoxide rings is 1. The maximum atomic E-state index is 13.5. The van der Waals surface area contributed by atoms with Crippen LogP contribution in [0.4, 0.5) is 0 Å². The average Bonchev–Trinajstić information content (AvgIpc) is 3.43. The second-order valence-electron chi connectivity index (χ2n) is 13.2. The van der Waals surface area contributed by atoms with E-state index in [4.69, 9.17) is 28.1 Å². The third-order valence-electron chi connectivity index (χ3n) is 10.7. The third kappa shape index (κ3) is 3.25. The topological polar surface area (TPSA) is 131 Å². The summed E-state index contributed by atoms with van der Waals surface area (Å²) in [5.41, 5.74) is -4.12. The predicted octanol–water partition coefficient (Wildman–Crippen LogP) is 3.83. The van der Waals surface area contributed by atoms with Crippen molar-refractivity contribution < 1.29 is 47.3 Å². The molecule has 4 heterocycles. The molecule has 2 saturated carbocycles. The third-order valence-corrected chi connectivity index (χ3v) is 10.7. The molecule has 1 aromatic rings. The number of rotatable bonds is 3. The molecule has 216 valence electrons. The van der Waals surface area contributed by atoms with Gasteiger partial charge in [-0.25, -0.2) is 9.59 Å². The monoisotopic (exact) mass is 556 g/mol. The smallest absolute Gasteiger partial charge is 0.339 e. The Hall–Kier alpha value is -3.14. The molecule has 1 aromatic heterocycles. The molecule has 0 amide bonds. The van der Waals surface area contributed by atoms with Gasteiger partial charge in [-0.2, -0.15) is 0 Å². The Labute approximate surface area is 232 Å². The molecule has 10 unspecified atom stereocenters. The van der Waals surface area contributed by atoms with E-state index in [0.29, 0.717) is 18.4 Å². The van der Waals surface area contributed by atoms with Crippen molar-refractivity contribution >= 4 is 23.9 Å². The molecular weight excluding hydrogens is 520 g/mol. The summed E-state index contributed by atoms with van der Waals surface area (Å²) in [6.07, 6.45) is 3.85. The molecule has 2 aliphatic carbocycles. The molecule has 5 aliphatic rings. The number of carbonyl (C=O) groups is 4. The summed E-state index contributed by atoms with van der Waals surface area (Å²) in [4.78, 5) is 51.5. The van der Waals surface area contributed by atoms with Crippen LogP contribution in [0.5, 0.6) is 0 Å². The Balaban J connectivity index is 1.63. The minimum atomic E-state index is -1.12. The fraction of sp³-hybridized carbons (Fsp3) is 0.667. The Bertz CT molecular complexity index is 1310. The molecule has 0 aromatic carbocycles. The zero-order valence-electron chi connectivity index (χ0n) is 23.8. The Kier molecular flexibility index (Phi) is 5.55. The van der Waals surface area contributed by atoms with Crippen LogP contribution in [0.2, 0.25) is 0 Å². The number of esters is 4. The highest BCUT2D eigenvalue weighted by Gasteiger charge is 2.90. The number of allylic oxidation sites excluding steroid dienone is 1. The van der Waals surface area contributed by atoms with Gasteiger partial charge in [-0.1, -0.05) is 26.8 Å². The van der Waals surface area contributed by atoms with Crippen molar-refractivity contribution in [3.05, 3.63) is 36.3 Å². The summed E-state index contributed by atoms with van der Waals surface area (Å²) in [6.45, 7) is 12.4. The van der Waals surface area contributed by atoms with E-state index >= 15 is 0 Å². The number of carbonyl (C=O) groups excluding carboxylic acids is 4. The van der Waals surface area contributed by atoms with Gasteiger partial charge in [0.1, 0.15) is 29.5 Å². The van der Waals surface area contributed by atoms with E-state index in [1.165, 1.54) is 32.4 Å². The highest BCUT2D eigenvalue weighted by atomic mass is 16.7. The number of hydrogen-bond acceptors (Lipinski definition) is 10. The number of furan rings is 1. The summed E-state index contributed by atoms with van der Waals surface area (Å²) in [6, 6.07) is 1.75. The normalized spacial score (nSPS) is 46.3. The minimum absolute atomic E-state index is 0.296. The molecule has 40 heavy (non-hydrogen) atoms. The molecule has 2 saturated heterocycles. The van der Waals surface area contributed by atoms with Crippen molar-refractivity contribution in [2.75, 3.05) is 0 Å². The van der Waals surface area contributed by atoms with Crippen molar-refractivity contribution in [2.24, 2.45) is 28.1 Å². The molecule has 10 nitrogen and oxygen atoms in total. The Morgan fingerprint density at radius 1 is 1.00 bits per heavy atom. The molecule has 6 rings (SSSR count). The second-order valence-corrected chi connectivity index (χ2v) is 13.2. The van der Waals surface area contributed by atoms with Gasteiger partial charge in [0.15, 0.2) is 6.10 Å². The van der Waals surface area contributed by atoms with Gasteiger partial charge in [0.25, 0.3) is 0 Å². The Morgan fingerprint density at radius 2 is 1.70 bits per heavy atom. The van der Waals surface area contributed by atoms with Gasteiger partial charge < -0.3 is 28.1 Å². The van der Waals surface area contributed by atoms with Gasteiger partial charge >= 0.3 is 23.9 Å². The SMILES string of the molecule is CC(=O)OC1CC2(C)C(c3ccoc3)OC(=O)C3OC32C2(C)C(OC(C)=O)CC3C(C)(C)OC(=O)C=CC3(C)C12. The molecule has 0 bridgehead atoms. The number of ether oxygens (including phenoxy) is 5. The van der Waals surface area contributed by atoms with Crippen LogP contribution in [0.1, 0.15) is 73.0 Å². The highest BCUT2D eigenvalue weighted by molar-refractivity contribution is 5.84. The first-order valence-electron chi connectivity index (χ1n) is 13.8. The van der Waals surface area contributed by atoms with E-state index in [1.807, 2.05) is 40.7 Å². The van der Waals surface area contributed by atoms with E-state index in [1.54, 1.807) is 6.07 Å². The molecule has 4 fully saturated rings. The highest BCUT2D eigenvalue weighted by Crippen LogP contribution is 2.79. The van der Waals surface area contributed by atoms with Gasteiger partial charge in [0, 0.05) is 48.2 Å². The lowest BCUT2D eigenvalue weighted by molar-refractivity contribution is -0.284. The first-order valence-corrected chi connectivity index (χ1v) is 13.8. The van der Waals surface area contributed by atoms with Gasteiger partial charge in [-0.05, 0) is 38.2 Å². The van der Waals surface area contributed by atoms with Crippen LogP contribution in [0, 0.1) is 28.1 Å². The average molecular weight is 557 g/mol. The summed E-state index contributed by atoms with van der Waals surface area (Å²) in [5.74, 6) is -2.77. The first kappa shape index (κ1) is 27.1. The van der Waals surface area contributed by atoms with Gasteiger partial charge in [-0.15, -0.1) is 0 Å². The summed E-state index contributed by atoms with van der Waals surface area (Å²) in [5, 5.41) is 0. The largest absolute Gasteiger partial charge is 0.472 e. The van der Waals surface area contributed by atoms with Gasteiger partial charge in [0.2, 0.25) is 0 Å². The molecular formula is C30H36O10. The number of hydrogen-bond donors (Lipinski definition) is 0. The van der Waals surface area contributed by atoms with Crippen LogP contribution in [0.15, 0.2) is 35.2 Å². The first-order chi connectivity index (χ1) is 18.6. The lowest BCUT2D eigenvalue weighted by atomic mass is 9.36. The minimum Gasteiger partial charge on any atom is -0.472 e.